The zero-order valence-corrected chi connectivity index (χ0v) is 5.50. The van der Waals surface area contributed by atoms with Gasteiger partial charge in [0.15, 0.2) is 0 Å². The van der Waals surface area contributed by atoms with Crippen molar-refractivity contribution < 1.29 is 9.94 Å². The summed E-state index contributed by atoms with van der Waals surface area (Å²) in [6, 6.07) is 0. The van der Waals surface area contributed by atoms with Gasteiger partial charge >= 0.3 is 0 Å². The first-order chi connectivity index (χ1) is 4.36. The van der Waals surface area contributed by atoms with E-state index < -0.39 is 0 Å². The summed E-state index contributed by atoms with van der Waals surface area (Å²) in [6.07, 6.45) is 1.94. The van der Waals surface area contributed by atoms with Gasteiger partial charge in [-0.05, 0) is 6.92 Å². The molecule has 0 saturated heterocycles. The SMILES string of the molecule is CCOC1CC(=NO)C1. The van der Waals surface area contributed by atoms with Crippen LogP contribution in [0.2, 0.25) is 0 Å². The topological polar surface area (TPSA) is 41.8 Å². The Morgan fingerprint density at radius 3 is 2.89 bits per heavy atom. The molecular formula is C6H11NO2. The Kier molecular flexibility index (Phi) is 2.05. The number of ether oxygens (including phenoxy) is 1. The Morgan fingerprint density at radius 2 is 2.44 bits per heavy atom. The predicted octanol–water partition coefficient (Wildman–Crippen LogP) is 1.02. The molecule has 1 fully saturated rings. The van der Waals surface area contributed by atoms with Crippen molar-refractivity contribution in [1.29, 1.82) is 0 Å². The Morgan fingerprint density at radius 1 is 1.78 bits per heavy atom. The molecule has 0 atom stereocenters. The molecule has 0 spiro atoms. The summed E-state index contributed by atoms with van der Waals surface area (Å²) in [4.78, 5) is 0. The van der Waals surface area contributed by atoms with Gasteiger partial charge in [0.05, 0.1) is 11.8 Å². The van der Waals surface area contributed by atoms with Crippen molar-refractivity contribution in [2.75, 3.05) is 6.61 Å². The van der Waals surface area contributed by atoms with Crippen LogP contribution in [0.1, 0.15) is 19.8 Å². The lowest BCUT2D eigenvalue weighted by molar-refractivity contribution is 0.0542. The Balaban J connectivity index is 2.12. The van der Waals surface area contributed by atoms with Crippen molar-refractivity contribution in [3.8, 4) is 0 Å². The smallest absolute Gasteiger partial charge is 0.0681 e. The van der Waals surface area contributed by atoms with Crippen LogP contribution in [-0.2, 0) is 4.74 Å². The zero-order chi connectivity index (χ0) is 6.69. The van der Waals surface area contributed by atoms with E-state index in [1.807, 2.05) is 6.92 Å². The highest BCUT2D eigenvalue weighted by Crippen LogP contribution is 2.19. The summed E-state index contributed by atoms with van der Waals surface area (Å²) in [5, 5.41) is 11.3. The molecule has 0 aliphatic heterocycles. The molecule has 52 valence electrons. The highest BCUT2D eigenvalue weighted by atomic mass is 16.5. The first-order valence-electron chi connectivity index (χ1n) is 3.18. The minimum absolute atomic E-state index is 0.320. The maximum absolute atomic E-state index is 8.20. The fourth-order valence-electron chi connectivity index (χ4n) is 0.901. The molecule has 0 amide bonds. The molecule has 1 aliphatic rings. The second kappa shape index (κ2) is 2.82. The molecule has 0 heterocycles. The van der Waals surface area contributed by atoms with Gasteiger partial charge in [0, 0.05) is 19.4 Å². The van der Waals surface area contributed by atoms with Gasteiger partial charge < -0.3 is 9.94 Å². The number of nitrogens with zero attached hydrogens (tertiary/aromatic N) is 1. The first-order valence-corrected chi connectivity index (χ1v) is 3.18. The fourth-order valence-corrected chi connectivity index (χ4v) is 0.901. The molecule has 0 aromatic heterocycles. The molecule has 0 unspecified atom stereocenters. The summed E-state index contributed by atoms with van der Waals surface area (Å²) in [5.41, 5.74) is 0.855. The highest BCUT2D eigenvalue weighted by Gasteiger charge is 2.24. The number of rotatable bonds is 2. The van der Waals surface area contributed by atoms with E-state index in [0.717, 1.165) is 25.2 Å². The highest BCUT2D eigenvalue weighted by molar-refractivity contribution is 5.90. The monoisotopic (exact) mass is 129 g/mol. The second-order valence-corrected chi connectivity index (χ2v) is 2.15. The molecule has 0 bridgehead atoms. The van der Waals surface area contributed by atoms with Gasteiger partial charge in [0.25, 0.3) is 0 Å². The van der Waals surface area contributed by atoms with E-state index >= 15 is 0 Å². The third-order valence-corrected chi connectivity index (χ3v) is 1.47. The van der Waals surface area contributed by atoms with Crippen LogP contribution in [0, 0.1) is 0 Å². The Labute approximate surface area is 54.3 Å². The van der Waals surface area contributed by atoms with E-state index in [1.54, 1.807) is 0 Å². The van der Waals surface area contributed by atoms with Gasteiger partial charge in [-0.1, -0.05) is 5.16 Å². The summed E-state index contributed by atoms with van der Waals surface area (Å²) < 4.78 is 5.22. The van der Waals surface area contributed by atoms with Crippen molar-refractivity contribution >= 4 is 5.71 Å². The predicted molar refractivity (Wildman–Crippen MR) is 33.9 cm³/mol. The number of hydrogen-bond acceptors (Lipinski definition) is 3. The van der Waals surface area contributed by atoms with Crippen LogP contribution in [0.5, 0.6) is 0 Å². The molecule has 3 heteroatoms. The third-order valence-electron chi connectivity index (χ3n) is 1.47. The molecule has 0 aromatic carbocycles. The van der Waals surface area contributed by atoms with Crippen LogP contribution in [0.25, 0.3) is 0 Å². The fraction of sp³-hybridized carbons (Fsp3) is 0.833. The molecule has 0 aromatic rings. The molecule has 1 saturated carbocycles. The van der Waals surface area contributed by atoms with E-state index in [4.69, 9.17) is 9.94 Å². The lowest BCUT2D eigenvalue weighted by Gasteiger charge is -2.25. The average Bonchev–Trinajstić information content (AvgIpc) is 1.77. The first kappa shape index (κ1) is 6.55. The molecular weight excluding hydrogens is 118 g/mol. The summed E-state index contributed by atoms with van der Waals surface area (Å²) >= 11 is 0. The normalized spacial score (nSPS) is 25.4. The van der Waals surface area contributed by atoms with Crippen molar-refractivity contribution in [2.45, 2.75) is 25.9 Å². The average molecular weight is 129 g/mol. The van der Waals surface area contributed by atoms with Gasteiger partial charge in [-0.3, -0.25) is 0 Å². The van der Waals surface area contributed by atoms with Crippen LogP contribution >= 0.6 is 0 Å². The van der Waals surface area contributed by atoms with Crippen LogP contribution in [0.3, 0.4) is 0 Å². The largest absolute Gasteiger partial charge is 0.411 e. The molecule has 9 heavy (non-hydrogen) atoms. The van der Waals surface area contributed by atoms with Crippen LogP contribution in [0.4, 0.5) is 0 Å². The lowest BCUT2D eigenvalue weighted by Crippen LogP contribution is -2.31. The molecule has 3 nitrogen and oxygen atoms in total. The van der Waals surface area contributed by atoms with Gasteiger partial charge in [0.2, 0.25) is 0 Å². The van der Waals surface area contributed by atoms with Crippen molar-refractivity contribution in [3.63, 3.8) is 0 Å². The van der Waals surface area contributed by atoms with E-state index in [1.165, 1.54) is 0 Å². The van der Waals surface area contributed by atoms with Gasteiger partial charge in [-0.15, -0.1) is 0 Å². The van der Waals surface area contributed by atoms with Gasteiger partial charge in [-0.25, -0.2) is 0 Å². The second-order valence-electron chi connectivity index (χ2n) is 2.15. The van der Waals surface area contributed by atoms with Crippen molar-refractivity contribution in [2.24, 2.45) is 5.16 Å². The van der Waals surface area contributed by atoms with Gasteiger partial charge in [0.1, 0.15) is 0 Å². The van der Waals surface area contributed by atoms with Crippen LogP contribution in [0.15, 0.2) is 5.16 Å². The maximum Gasteiger partial charge on any atom is 0.0681 e. The summed E-state index contributed by atoms with van der Waals surface area (Å²) in [6.45, 7) is 2.72. The quantitative estimate of drug-likeness (QED) is 0.446. The van der Waals surface area contributed by atoms with Crippen LogP contribution in [-0.4, -0.2) is 23.6 Å². The zero-order valence-electron chi connectivity index (χ0n) is 5.50. The van der Waals surface area contributed by atoms with Gasteiger partial charge in [-0.2, -0.15) is 0 Å². The maximum atomic E-state index is 8.20. The van der Waals surface area contributed by atoms with Crippen molar-refractivity contribution in [3.05, 3.63) is 0 Å². The van der Waals surface area contributed by atoms with Crippen molar-refractivity contribution in [1.82, 2.24) is 0 Å². The number of oxime groups is 1. The third kappa shape index (κ3) is 1.42. The van der Waals surface area contributed by atoms with Crippen LogP contribution < -0.4 is 0 Å². The Hall–Kier alpha value is -0.570. The van der Waals surface area contributed by atoms with E-state index in [-0.39, 0.29) is 0 Å². The molecule has 1 N–H and O–H groups in total. The standard InChI is InChI=1S/C6H11NO2/c1-2-9-6-3-5(4-6)7-8/h6,8H,2-4H2,1H3. The minimum atomic E-state index is 0.320. The van der Waals surface area contributed by atoms with E-state index in [9.17, 15) is 0 Å². The molecule has 1 aliphatic carbocycles. The lowest BCUT2D eigenvalue weighted by atomic mass is 9.93. The van der Waals surface area contributed by atoms with E-state index in [2.05, 4.69) is 5.16 Å². The summed E-state index contributed by atoms with van der Waals surface area (Å²) in [7, 11) is 0. The molecule has 0 radical (unpaired) electrons. The summed E-state index contributed by atoms with van der Waals surface area (Å²) in [5.74, 6) is 0. The minimum Gasteiger partial charge on any atom is -0.411 e. The van der Waals surface area contributed by atoms with E-state index in [0.29, 0.717) is 6.10 Å². The number of hydrogen-bond donors (Lipinski definition) is 1. The Bertz CT molecular complexity index is 114. The molecule has 1 rings (SSSR count).